The van der Waals surface area contributed by atoms with Crippen molar-refractivity contribution in [2.75, 3.05) is 56.0 Å². The summed E-state index contributed by atoms with van der Waals surface area (Å²) in [7, 11) is 0. The number of anilines is 2. The van der Waals surface area contributed by atoms with Crippen LogP contribution in [0.3, 0.4) is 0 Å². The fourth-order valence-corrected chi connectivity index (χ4v) is 9.92. The zero-order valence-electron chi connectivity index (χ0n) is 50.7. The van der Waals surface area contributed by atoms with E-state index in [9.17, 15) is 62.3 Å². The number of hydrogen-bond donors (Lipinski definition) is 1. The molecule has 1 unspecified atom stereocenters. The van der Waals surface area contributed by atoms with Gasteiger partial charge < -0.3 is 5.32 Å². The molecule has 9 rings (SSSR count). The van der Waals surface area contributed by atoms with Crippen LogP contribution in [0.25, 0.3) is 0 Å². The van der Waals surface area contributed by atoms with Crippen LogP contribution in [0.4, 0.5) is 16.2 Å². The van der Waals surface area contributed by atoms with Gasteiger partial charge in [0.25, 0.3) is 41.4 Å². The van der Waals surface area contributed by atoms with Crippen molar-refractivity contribution in [1.82, 2.24) is 29.4 Å². The summed E-state index contributed by atoms with van der Waals surface area (Å²) >= 11 is 0. The standard InChI is InChI=1S/C24H36N2O3.C11H12N2O2.C10H9NO2.C7H11NO2.C6H9NO2.C6H7NO2/c1-3-5-6-7-8-9-10-11-12-13-14-15-22(27)25-19-16-17-20-21(18-19)24(29)26(4-2)23(20)28;1-2-12-10(14)8-13(11(12)15)9-6-4-3-5-7-9;1-2-11-9(12)7-5-3-4-6-8(7)10(11)13;1-3-8-6(9)4-5(2)7(8)10;2*1-2-7-5(8)3-4-6(7)9/h16-18H,3-15H2,1-2H3,(H,25,27);3-7H,2,8H2,1H3;3-6H,2H2,1H3;5H,3-4H2,1-2H3;2-4H2,1H3;3-4H,2H2,1H3. The summed E-state index contributed by atoms with van der Waals surface area (Å²) in [5.41, 5.74) is 3.19. The fraction of sp³-hybridized carbons (Fsp3) is 0.484. The van der Waals surface area contributed by atoms with Gasteiger partial charge in [-0.05, 0) is 90.4 Å². The van der Waals surface area contributed by atoms with Gasteiger partial charge in [0.1, 0.15) is 6.54 Å². The average molecular weight is 1170 g/mol. The highest BCUT2D eigenvalue weighted by atomic mass is 16.2. The summed E-state index contributed by atoms with van der Waals surface area (Å²) in [6.07, 6.45) is 18.1. The third kappa shape index (κ3) is 19.0. The van der Waals surface area contributed by atoms with Crippen LogP contribution in [0.1, 0.15) is 193 Å². The molecule has 0 bridgehead atoms. The molecule has 21 nitrogen and oxygen atoms in total. The van der Waals surface area contributed by atoms with Gasteiger partial charge in [0.05, 0.1) is 22.3 Å². The van der Waals surface area contributed by atoms with Crippen LogP contribution in [-0.4, -0.2) is 152 Å². The molecule has 21 heteroatoms. The van der Waals surface area contributed by atoms with E-state index in [2.05, 4.69) is 12.2 Å². The Labute approximate surface area is 499 Å². The van der Waals surface area contributed by atoms with Gasteiger partial charge in [-0.2, -0.15) is 0 Å². The first-order valence-electron chi connectivity index (χ1n) is 29.9. The lowest BCUT2D eigenvalue weighted by Crippen LogP contribution is -2.32. The van der Waals surface area contributed by atoms with Crippen LogP contribution < -0.4 is 10.2 Å². The molecule has 0 radical (unpaired) electrons. The van der Waals surface area contributed by atoms with E-state index in [1.807, 2.05) is 37.3 Å². The highest BCUT2D eigenvalue weighted by Gasteiger charge is 2.37. The second-order valence-corrected chi connectivity index (χ2v) is 20.6. The van der Waals surface area contributed by atoms with Crippen LogP contribution in [0, 0.1) is 5.92 Å². The molecule has 6 aliphatic heterocycles. The number of imide groups is 6. The van der Waals surface area contributed by atoms with Crippen molar-refractivity contribution in [2.24, 2.45) is 5.92 Å². The highest BCUT2D eigenvalue weighted by molar-refractivity contribution is 6.22. The van der Waals surface area contributed by atoms with Crippen molar-refractivity contribution in [2.45, 2.75) is 152 Å². The predicted molar refractivity (Wildman–Crippen MR) is 321 cm³/mol. The largest absolute Gasteiger partial charge is 0.331 e. The average Bonchev–Trinajstić information content (AvgIpc) is 4.41. The Bertz CT molecular complexity index is 2870. The molecule has 0 saturated carbocycles. The van der Waals surface area contributed by atoms with Gasteiger partial charge in [-0.1, -0.05) is 108 Å². The van der Waals surface area contributed by atoms with E-state index < -0.39 is 0 Å². The van der Waals surface area contributed by atoms with Crippen molar-refractivity contribution in [3.05, 3.63) is 107 Å². The zero-order chi connectivity index (χ0) is 62.8. The van der Waals surface area contributed by atoms with Gasteiger partial charge in [0.15, 0.2) is 0 Å². The molecule has 3 aromatic rings. The highest BCUT2D eigenvalue weighted by Crippen LogP contribution is 2.27. The number of benzene rings is 3. The molecule has 1 N–H and O–H groups in total. The van der Waals surface area contributed by atoms with Gasteiger partial charge >= 0.3 is 6.03 Å². The molecule has 3 saturated heterocycles. The van der Waals surface area contributed by atoms with Gasteiger partial charge in [0.2, 0.25) is 29.5 Å². The van der Waals surface area contributed by atoms with E-state index in [1.165, 1.54) is 104 Å². The quantitative estimate of drug-likeness (QED) is 0.0629. The van der Waals surface area contributed by atoms with E-state index in [-0.39, 0.29) is 89.4 Å². The first kappa shape index (κ1) is 69.0. The Balaban J connectivity index is 0.000000234. The van der Waals surface area contributed by atoms with E-state index in [0.29, 0.717) is 92.9 Å². The molecule has 6 heterocycles. The maximum absolute atomic E-state index is 12.3. The summed E-state index contributed by atoms with van der Waals surface area (Å²) in [6.45, 7) is 17.7. The Kier molecular flexibility index (Phi) is 28.4. The number of likely N-dealkylation sites (N-methyl/N-ethyl adjacent to an activating group) is 2. The van der Waals surface area contributed by atoms with Crippen molar-refractivity contribution in [1.29, 1.82) is 0 Å². The number of fused-ring (bicyclic) bond motifs is 2. The lowest BCUT2D eigenvalue weighted by Gasteiger charge is -2.15. The van der Waals surface area contributed by atoms with Gasteiger partial charge in [-0.15, -0.1) is 0 Å². The lowest BCUT2D eigenvalue weighted by molar-refractivity contribution is -0.140. The third-order valence-corrected chi connectivity index (χ3v) is 14.7. The molecular weight excluding hydrogens is 1090 g/mol. The third-order valence-electron chi connectivity index (χ3n) is 14.7. The lowest BCUT2D eigenvalue weighted by atomic mass is 10.1. The molecule has 0 spiro atoms. The Morgan fingerprint density at radius 1 is 0.447 bits per heavy atom. The number of carbonyl (C=O) groups excluding carboxylic acids is 13. The molecule has 6 aliphatic rings. The Hall–Kier alpha value is -8.49. The summed E-state index contributed by atoms with van der Waals surface area (Å²) in [4.78, 5) is 157. The minimum atomic E-state index is -0.283. The Morgan fingerprint density at radius 2 is 0.882 bits per heavy atom. The number of nitrogens with one attached hydrogen (secondary N) is 1. The van der Waals surface area contributed by atoms with Crippen LogP contribution in [-0.2, 0) is 38.4 Å². The maximum Gasteiger partial charge on any atom is 0.331 e. The van der Waals surface area contributed by atoms with Crippen LogP contribution in [0.2, 0.25) is 0 Å². The molecule has 458 valence electrons. The molecule has 0 aromatic heterocycles. The minimum absolute atomic E-state index is 0.0208. The number of nitrogens with zero attached hydrogens (tertiary/aromatic N) is 7. The minimum Gasteiger partial charge on any atom is -0.326 e. The number of para-hydroxylation sites is 1. The second-order valence-electron chi connectivity index (χ2n) is 20.6. The number of unbranched alkanes of at least 4 members (excludes halogenated alkanes) is 10. The molecule has 1 atom stereocenters. The Morgan fingerprint density at radius 3 is 1.28 bits per heavy atom. The summed E-state index contributed by atoms with van der Waals surface area (Å²) < 4.78 is 0. The summed E-state index contributed by atoms with van der Waals surface area (Å²) in [5, 5.41) is 2.85. The number of carbonyl (C=O) groups is 13. The number of rotatable bonds is 20. The van der Waals surface area contributed by atoms with Gasteiger partial charge in [-0.3, -0.25) is 91.8 Å². The van der Waals surface area contributed by atoms with Crippen molar-refractivity contribution >= 4 is 88.3 Å². The molecule has 3 aromatic carbocycles. The SMILES string of the molecule is CCCCCCCCCCCCCC(=O)Nc1ccc2c(c1)C(=O)N(CC)C2=O.CCN1C(=O)C=CC1=O.CCN1C(=O)CC(C)C1=O.CCN1C(=O)CCC1=O.CCN1C(=O)CN(c2ccccc2)C1=O.CCN1C(=O)c2ccccc2C1=O. The van der Waals surface area contributed by atoms with E-state index in [1.54, 1.807) is 84.0 Å². The number of amides is 14. The fourth-order valence-electron chi connectivity index (χ4n) is 9.92. The predicted octanol–water partition coefficient (Wildman–Crippen LogP) is 9.21. The van der Waals surface area contributed by atoms with E-state index in [0.717, 1.165) is 18.5 Å². The first-order chi connectivity index (χ1) is 40.7. The van der Waals surface area contributed by atoms with E-state index in [4.69, 9.17) is 0 Å². The summed E-state index contributed by atoms with van der Waals surface area (Å²) in [6, 6.07) is 20.8. The molecule has 3 fully saturated rings. The monoisotopic (exact) mass is 1170 g/mol. The van der Waals surface area contributed by atoms with Crippen molar-refractivity contribution in [3.8, 4) is 0 Å². The van der Waals surface area contributed by atoms with Gasteiger partial charge in [-0.25, -0.2) is 4.79 Å². The van der Waals surface area contributed by atoms with Crippen molar-refractivity contribution in [3.63, 3.8) is 0 Å². The van der Waals surface area contributed by atoms with Crippen LogP contribution in [0.5, 0.6) is 0 Å². The number of likely N-dealkylation sites (tertiary alicyclic amines) is 2. The topological polar surface area (TPSA) is 257 Å². The normalized spacial score (nSPS) is 16.7. The first-order valence-corrected chi connectivity index (χ1v) is 29.9. The maximum atomic E-state index is 12.3. The molecule has 0 aliphatic carbocycles. The molecule has 14 amide bonds. The van der Waals surface area contributed by atoms with Crippen LogP contribution >= 0.6 is 0 Å². The summed E-state index contributed by atoms with van der Waals surface area (Å²) in [5.74, 6) is -1.67. The molecular formula is C64H84N8O13. The molecule has 85 heavy (non-hydrogen) atoms. The van der Waals surface area contributed by atoms with Crippen LogP contribution in [0.15, 0.2) is 84.9 Å². The second kappa shape index (κ2) is 35.0. The zero-order valence-corrected chi connectivity index (χ0v) is 50.7. The number of hydrogen-bond acceptors (Lipinski definition) is 13. The van der Waals surface area contributed by atoms with E-state index >= 15 is 0 Å². The van der Waals surface area contributed by atoms with Crippen molar-refractivity contribution < 1.29 is 62.3 Å². The number of urea groups is 1. The smallest absolute Gasteiger partial charge is 0.326 e. The van der Waals surface area contributed by atoms with Gasteiger partial charge in [0, 0.05) is 94.4 Å².